The van der Waals surface area contributed by atoms with E-state index in [9.17, 15) is 9.59 Å². The Hall–Kier alpha value is -2.24. The zero-order valence-electron chi connectivity index (χ0n) is 11.8. The highest BCUT2D eigenvalue weighted by atomic mass is 16.5. The molecule has 110 valence electrons. The van der Waals surface area contributed by atoms with Gasteiger partial charge in [-0.25, -0.2) is 4.79 Å². The van der Waals surface area contributed by atoms with E-state index < -0.39 is 12.0 Å². The Morgan fingerprint density at radius 1 is 1.25 bits per heavy atom. The van der Waals surface area contributed by atoms with Crippen LogP contribution < -0.4 is 10.1 Å². The van der Waals surface area contributed by atoms with Gasteiger partial charge in [0.15, 0.2) is 0 Å². The number of anilines is 1. The molecule has 1 rings (SSSR count). The molecule has 0 fully saturated rings. The number of carboxylic acids is 1. The fourth-order valence-electron chi connectivity index (χ4n) is 1.55. The Morgan fingerprint density at radius 2 is 1.90 bits per heavy atom. The molecule has 20 heavy (non-hydrogen) atoms. The van der Waals surface area contributed by atoms with Crippen LogP contribution in [0.2, 0.25) is 0 Å². The van der Waals surface area contributed by atoms with E-state index in [1.165, 1.54) is 4.90 Å². The first-order valence-electron chi connectivity index (χ1n) is 6.57. The van der Waals surface area contributed by atoms with Crippen molar-refractivity contribution < 1.29 is 19.4 Å². The highest BCUT2D eigenvalue weighted by molar-refractivity contribution is 5.91. The van der Waals surface area contributed by atoms with Crippen molar-refractivity contribution in [1.82, 2.24) is 4.90 Å². The standard InChI is InChI=1S/C14H20N2O4/c1-3-9-20-12-7-5-11(6-8-12)15-14(19)16(4-2)10-13(17)18/h5-8H,3-4,9-10H2,1-2H3,(H,15,19)(H,17,18). The first-order valence-corrected chi connectivity index (χ1v) is 6.57. The quantitative estimate of drug-likeness (QED) is 0.804. The van der Waals surface area contributed by atoms with Crippen LogP contribution in [0.1, 0.15) is 20.3 Å². The summed E-state index contributed by atoms with van der Waals surface area (Å²) in [6, 6.07) is 6.53. The van der Waals surface area contributed by atoms with Gasteiger partial charge in [0.05, 0.1) is 6.61 Å². The molecule has 2 amide bonds. The number of aliphatic carboxylic acids is 1. The molecular weight excluding hydrogens is 260 g/mol. The molecule has 0 aliphatic carbocycles. The lowest BCUT2D eigenvalue weighted by atomic mass is 10.3. The summed E-state index contributed by atoms with van der Waals surface area (Å²) in [5.41, 5.74) is 0.600. The Labute approximate surface area is 118 Å². The SMILES string of the molecule is CCCOc1ccc(NC(=O)N(CC)CC(=O)O)cc1. The van der Waals surface area contributed by atoms with Crippen LogP contribution in [0.15, 0.2) is 24.3 Å². The van der Waals surface area contributed by atoms with E-state index in [1.807, 2.05) is 6.92 Å². The molecule has 0 atom stereocenters. The molecule has 1 aromatic carbocycles. The second-order valence-electron chi connectivity index (χ2n) is 4.21. The van der Waals surface area contributed by atoms with Crippen molar-refractivity contribution in [1.29, 1.82) is 0 Å². The topological polar surface area (TPSA) is 78.9 Å². The largest absolute Gasteiger partial charge is 0.494 e. The summed E-state index contributed by atoms with van der Waals surface area (Å²) in [4.78, 5) is 23.7. The minimum Gasteiger partial charge on any atom is -0.494 e. The van der Waals surface area contributed by atoms with E-state index in [0.29, 0.717) is 18.8 Å². The van der Waals surface area contributed by atoms with Gasteiger partial charge in [-0.15, -0.1) is 0 Å². The van der Waals surface area contributed by atoms with Crippen molar-refractivity contribution in [2.24, 2.45) is 0 Å². The van der Waals surface area contributed by atoms with Gasteiger partial charge in [-0.1, -0.05) is 6.92 Å². The summed E-state index contributed by atoms with van der Waals surface area (Å²) in [5, 5.41) is 11.4. The number of urea groups is 1. The molecule has 6 heteroatoms. The van der Waals surface area contributed by atoms with Crippen LogP contribution in [0, 0.1) is 0 Å². The van der Waals surface area contributed by atoms with Gasteiger partial charge in [0.2, 0.25) is 0 Å². The number of carboxylic acid groups (broad SMARTS) is 1. The second kappa shape index (κ2) is 8.04. The molecule has 0 unspecified atom stereocenters. The zero-order chi connectivity index (χ0) is 15.0. The van der Waals surface area contributed by atoms with Crippen LogP contribution in [0.3, 0.4) is 0 Å². The van der Waals surface area contributed by atoms with E-state index in [-0.39, 0.29) is 6.54 Å². The lowest BCUT2D eigenvalue weighted by molar-refractivity contribution is -0.137. The zero-order valence-corrected chi connectivity index (χ0v) is 11.8. The van der Waals surface area contributed by atoms with Crippen molar-refractivity contribution in [2.75, 3.05) is 25.0 Å². The molecule has 0 bridgehead atoms. The van der Waals surface area contributed by atoms with Gasteiger partial charge >= 0.3 is 12.0 Å². The third kappa shape index (κ3) is 5.17. The number of ether oxygens (including phenoxy) is 1. The molecule has 6 nitrogen and oxygen atoms in total. The average Bonchev–Trinajstić information content (AvgIpc) is 2.43. The van der Waals surface area contributed by atoms with Crippen LogP contribution in [0.5, 0.6) is 5.75 Å². The fraction of sp³-hybridized carbons (Fsp3) is 0.429. The number of nitrogens with one attached hydrogen (secondary N) is 1. The summed E-state index contributed by atoms with van der Waals surface area (Å²) in [5.74, 6) is -0.298. The van der Waals surface area contributed by atoms with E-state index in [4.69, 9.17) is 9.84 Å². The molecule has 0 saturated carbocycles. The molecule has 0 aliphatic rings. The predicted octanol–water partition coefficient (Wildman–Crippen LogP) is 2.41. The number of rotatable bonds is 7. The number of carbonyl (C=O) groups is 2. The molecule has 0 aromatic heterocycles. The maximum absolute atomic E-state index is 11.9. The van der Waals surface area contributed by atoms with E-state index in [0.717, 1.165) is 12.2 Å². The normalized spacial score (nSPS) is 9.90. The summed E-state index contributed by atoms with van der Waals surface area (Å²) in [6.45, 7) is 4.41. The Bertz CT molecular complexity index is 445. The number of carbonyl (C=O) groups excluding carboxylic acids is 1. The van der Waals surface area contributed by atoms with Crippen LogP contribution in [0.4, 0.5) is 10.5 Å². The van der Waals surface area contributed by atoms with Crippen LogP contribution >= 0.6 is 0 Å². The molecular formula is C14H20N2O4. The van der Waals surface area contributed by atoms with Crippen LogP contribution in [-0.4, -0.2) is 41.7 Å². The van der Waals surface area contributed by atoms with Crippen molar-refractivity contribution in [3.05, 3.63) is 24.3 Å². The summed E-state index contributed by atoms with van der Waals surface area (Å²) in [7, 11) is 0. The highest BCUT2D eigenvalue weighted by Gasteiger charge is 2.14. The fourth-order valence-corrected chi connectivity index (χ4v) is 1.55. The van der Waals surface area contributed by atoms with Gasteiger partial charge in [-0.3, -0.25) is 4.79 Å². The number of amides is 2. The van der Waals surface area contributed by atoms with Crippen molar-refractivity contribution in [2.45, 2.75) is 20.3 Å². The summed E-state index contributed by atoms with van der Waals surface area (Å²) in [6.07, 6.45) is 0.930. The van der Waals surface area contributed by atoms with Crippen molar-refractivity contribution >= 4 is 17.7 Å². The van der Waals surface area contributed by atoms with Gasteiger partial charge < -0.3 is 20.1 Å². The smallest absolute Gasteiger partial charge is 0.323 e. The summed E-state index contributed by atoms with van der Waals surface area (Å²) < 4.78 is 5.44. The maximum Gasteiger partial charge on any atom is 0.323 e. The van der Waals surface area contributed by atoms with Crippen LogP contribution in [0.25, 0.3) is 0 Å². The molecule has 1 aromatic rings. The van der Waals surface area contributed by atoms with Crippen molar-refractivity contribution in [3.63, 3.8) is 0 Å². The first-order chi connectivity index (χ1) is 9.56. The Morgan fingerprint density at radius 3 is 2.40 bits per heavy atom. The number of hydrogen-bond donors (Lipinski definition) is 2. The number of hydrogen-bond acceptors (Lipinski definition) is 3. The van der Waals surface area contributed by atoms with Gasteiger partial charge in [0.1, 0.15) is 12.3 Å². The monoisotopic (exact) mass is 280 g/mol. The predicted molar refractivity (Wildman–Crippen MR) is 76.1 cm³/mol. The minimum absolute atomic E-state index is 0.319. The third-order valence-electron chi connectivity index (χ3n) is 2.57. The van der Waals surface area contributed by atoms with E-state index in [1.54, 1.807) is 31.2 Å². The van der Waals surface area contributed by atoms with Gasteiger partial charge in [-0.2, -0.15) is 0 Å². The second-order valence-corrected chi connectivity index (χ2v) is 4.21. The third-order valence-corrected chi connectivity index (χ3v) is 2.57. The van der Waals surface area contributed by atoms with Gasteiger partial charge in [0, 0.05) is 12.2 Å². The molecule has 0 saturated heterocycles. The lowest BCUT2D eigenvalue weighted by Crippen LogP contribution is -2.38. The lowest BCUT2D eigenvalue weighted by Gasteiger charge is -2.19. The minimum atomic E-state index is -1.04. The molecule has 0 spiro atoms. The molecule has 0 radical (unpaired) electrons. The van der Waals surface area contributed by atoms with Crippen molar-refractivity contribution in [3.8, 4) is 5.75 Å². The van der Waals surface area contributed by atoms with E-state index >= 15 is 0 Å². The summed E-state index contributed by atoms with van der Waals surface area (Å²) >= 11 is 0. The molecule has 0 aliphatic heterocycles. The highest BCUT2D eigenvalue weighted by Crippen LogP contribution is 2.16. The van der Waals surface area contributed by atoms with E-state index in [2.05, 4.69) is 5.32 Å². The Kier molecular flexibility index (Phi) is 6.36. The molecule has 2 N–H and O–H groups in total. The van der Waals surface area contributed by atoms with Crippen LogP contribution in [-0.2, 0) is 4.79 Å². The average molecular weight is 280 g/mol. The maximum atomic E-state index is 11.9. The first kappa shape index (κ1) is 15.8. The number of likely N-dealkylation sites (N-methyl/N-ethyl adjacent to an activating group) is 1. The van der Waals surface area contributed by atoms with Gasteiger partial charge in [0.25, 0.3) is 0 Å². The molecule has 0 heterocycles. The Balaban J connectivity index is 2.58. The number of nitrogens with zero attached hydrogens (tertiary/aromatic N) is 1. The van der Waals surface area contributed by atoms with Gasteiger partial charge in [-0.05, 0) is 37.6 Å². The number of benzene rings is 1.